The number of thioether (sulfide) groups is 1. The van der Waals surface area contributed by atoms with Gasteiger partial charge in [-0.05, 0) is 36.4 Å². The van der Waals surface area contributed by atoms with E-state index in [0.717, 1.165) is 16.2 Å². The number of benzene rings is 1. The summed E-state index contributed by atoms with van der Waals surface area (Å²) < 4.78 is 5.73. The number of oxazole rings is 1. The lowest BCUT2D eigenvalue weighted by atomic mass is 10.2. The van der Waals surface area contributed by atoms with E-state index in [-0.39, 0.29) is 0 Å². The molecule has 2 aromatic heterocycles. The van der Waals surface area contributed by atoms with Gasteiger partial charge in [0, 0.05) is 21.7 Å². The molecule has 6 heteroatoms. The number of hydrogen-bond donors (Lipinski definition) is 1. The number of anilines is 1. The number of halogens is 1. The highest BCUT2D eigenvalue weighted by Gasteiger charge is 2.07. The molecule has 0 saturated carbocycles. The van der Waals surface area contributed by atoms with Crippen LogP contribution in [0.15, 0.2) is 58.1 Å². The van der Waals surface area contributed by atoms with Gasteiger partial charge in [0.2, 0.25) is 5.89 Å². The van der Waals surface area contributed by atoms with Crippen molar-refractivity contribution < 1.29 is 4.42 Å². The van der Waals surface area contributed by atoms with Crippen molar-refractivity contribution in [2.75, 3.05) is 5.73 Å². The molecule has 0 aliphatic carbocycles. The summed E-state index contributed by atoms with van der Waals surface area (Å²) in [5, 5.41) is 0.699. The minimum Gasteiger partial charge on any atom is -0.440 e. The van der Waals surface area contributed by atoms with Crippen LogP contribution in [0.25, 0.3) is 11.3 Å². The zero-order valence-electron chi connectivity index (χ0n) is 11.0. The fourth-order valence-corrected chi connectivity index (χ4v) is 2.59. The average molecular weight is 318 g/mol. The van der Waals surface area contributed by atoms with E-state index in [4.69, 9.17) is 21.8 Å². The van der Waals surface area contributed by atoms with Gasteiger partial charge in [0.25, 0.3) is 0 Å². The standard InChI is InChI=1S/C15H12ClN3OS/c16-11-3-1-10(2-4-11)13-8-19-15(20-13)9-21-12-5-6-14(17)18-7-12/h1-8H,9H2,(H2,17,18). The third-order valence-electron chi connectivity index (χ3n) is 2.80. The average Bonchev–Trinajstić information content (AvgIpc) is 2.96. The van der Waals surface area contributed by atoms with E-state index >= 15 is 0 Å². The summed E-state index contributed by atoms with van der Waals surface area (Å²) in [4.78, 5) is 9.35. The Balaban J connectivity index is 1.67. The lowest BCUT2D eigenvalue weighted by Gasteiger charge is -1.99. The van der Waals surface area contributed by atoms with Crippen LogP contribution < -0.4 is 5.73 Å². The molecule has 4 nitrogen and oxygen atoms in total. The maximum Gasteiger partial charge on any atom is 0.205 e. The molecule has 3 rings (SSSR count). The molecule has 0 aliphatic heterocycles. The Labute approximate surface area is 131 Å². The lowest BCUT2D eigenvalue weighted by molar-refractivity contribution is 0.530. The Kier molecular flexibility index (Phi) is 4.13. The van der Waals surface area contributed by atoms with Gasteiger partial charge in [-0.3, -0.25) is 0 Å². The van der Waals surface area contributed by atoms with Crippen molar-refractivity contribution in [1.29, 1.82) is 0 Å². The second-order valence-corrected chi connectivity index (χ2v) is 5.82. The lowest BCUT2D eigenvalue weighted by Crippen LogP contribution is -1.88. The fraction of sp³-hybridized carbons (Fsp3) is 0.0667. The van der Waals surface area contributed by atoms with Crippen LogP contribution in [0.2, 0.25) is 5.02 Å². The number of rotatable bonds is 4. The van der Waals surface area contributed by atoms with Crippen molar-refractivity contribution in [3.8, 4) is 11.3 Å². The molecule has 2 N–H and O–H groups in total. The highest BCUT2D eigenvalue weighted by molar-refractivity contribution is 7.98. The molecule has 2 heterocycles. The molecule has 3 aromatic rings. The number of aromatic nitrogens is 2. The van der Waals surface area contributed by atoms with Crippen LogP contribution in [-0.4, -0.2) is 9.97 Å². The number of nitrogens with two attached hydrogens (primary N) is 1. The Bertz CT molecular complexity index is 725. The molecule has 1 aromatic carbocycles. The number of nitrogens with zero attached hydrogens (tertiary/aromatic N) is 2. The van der Waals surface area contributed by atoms with E-state index in [1.807, 2.05) is 30.3 Å². The summed E-state index contributed by atoms with van der Waals surface area (Å²) in [7, 11) is 0. The molecule has 21 heavy (non-hydrogen) atoms. The van der Waals surface area contributed by atoms with Gasteiger partial charge in [0.05, 0.1) is 11.9 Å². The first-order chi connectivity index (χ1) is 10.2. The zero-order valence-corrected chi connectivity index (χ0v) is 12.6. The molecule has 0 spiro atoms. The summed E-state index contributed by atoms with van der Waals surface area (Å²) in [6, 6.07) is 11.2. The smallest absolute Gasteiger partial charge is 0.205 e. The second kappa shape index (κ2) is 6.20. The summed E-state index contributed by atoms with van der Waals surface area (Å²) in [5.41, 5.74) is 6.51. The SMILES string of the molecule is Nc1ccc(SCc2ncc(-c3ccc(Cl)cc3)o2)cn1. The third kappa shape index (κ3) is 3.56. The Hall–Kier alpha value is -1.98. The van der Waals surface area contributed by atoms with Crippen LogP contribution in [0.4, 0.5) is 5.82 Å². The molecule has 0 bridgehead atoms. The summed E-state index contributed by atoms with van der Waals surface area (Å²) >= 11 is 7.47. The topological polar surface area (TPSA) is 64.9 Å². The summed E-state index contributed by atoms with van der Waals surface area (Å²) in [6.45, 7) is 0. The van der Waals surface area contributed by atoms with E-state index < -0.39 is 0 Å². The molecule has 0 unspecified atom stereocenters. The van der Waals surface area contributed by atoms with Crippen molar-refractivity contribution in [2.24, 2.45) is 0 Å². The van der Waals surface area contributed by atoms with Gasteiger partial charge in [-0.2, -0.15) is 0 Å². The zero-order chi connectivity index (χ0) is 14.7. The van der Waals surface area contributed by atoms with Crippen molar-refractivity contribution in [1.82, 2.24) is 9.97 Å². The third-order valence-corrected chi connectivity index (χ3v) is 4.02. The van der Waals surface area contributed by atoms with E-state index in [2.05, 4.69) is 9.97 Å². The number of nitrogen functional groups attached to an aromatic ring is 1. The van der Waals surface area contributed by atoms with Gasteiger partial charge < -0.3 is 10.2 Å². The van der Waals surface area contributed by atoms with Crippen LogP contribution in [0.1, 0.15) is 5.89 Å². The minimum atomic E-state index is 0.514. The van der Waals surface area contributed by atoms with Crippen LogP contribution in [0.5, 0.6) is 0 Å². The quantitative estimate of drug-likeness (QED) is 0.728. The molecule has 0 saturated heterocycles. The fourth-order valence-electron chi connectivity index (χ4n) is 1.75. The summed E-state index contributed by atoms with van der Waals surface area (Å²) in [5.74, 6) is 2.55. The minimum absolute atomic E-state index is 0.514. The van der Waals surface area contributed by atoms with Crippen molar-refractivity contribution in [2.45, 2.75) is 10.6 Å². The highest BCUT2D eigenvalue weighted by atomic mass is 35.5. The van der Waals surface area contributed by atoms with Gasteiger partial charge in [0.15, 0.2) is 5.76 Å². The van der Waals surface area contributed by atoms with Crippen LogP contribution in [-0.2, 0) is 5.75 Å². The molecule has 106 valence electrons. The maximum absolute atomic E-state index is 5.87. The molecule has 0 radical (unpaired) electrons. The maximum atomic E-state index is 5.87. The largest absolute Gasteiger partial charge is 0.440 e. The molecule has 0 amide bonds. The molecule has 0 fully saturated rings. The number of hydrogen-bond acceptors (Lipinski definition) is 5. The van der Waals surface area contributed by atoms with Gasteiger partial charge >= 0.3 is 0 Å². The Morgan fingerprint density at radius 3 is 2.57 bits per heavy atom. The first-order valence-corrected chi connectivity index (χ1v) is 7.62. The normalized spacial score (nSPS) is 10.7. The van der Waals surface area contributed by atoms with Gasteiger partial charge in [-0.15, -0.1) is 11.8 Å². The van der Waals surface area contributed by atoms with Gasteiger partial charge in [-0.1, -0.05) is 11.6 Å². The van der Waals surface area contributed by atoms with E-state index in [0.29, 0.717) is 22.5 Å². The molecule has 0 atom stereocenters. The van der Waals surface area contributed by atoms with Crippen LogP contribution >= 0.6 is 23.4 Å². The second-order valence-electron chi connectivity index (χ2n) is 4.33. The van der Waals surface area contributed by atoms with Crippen molar-refractivity contribution in [3.05, 3.63) is 59.7 Å². The van der Waals surface area contributed by atoms with E-state index in [1.54, 1.807) is 30.2 Å². The van der Waals surface area contributed by atoms with Crippen LogP contribution in [0, 0.1) is 0 Å². The van der Waals surface area contributed by atoms with E-state index in [1.165, 1.54) is 0 Å². The summed E-state index contributed by atoms with van der Waals surface area (Å²) in [6.07, 6.45) is 3.46. The monoisotopic (exact) mass is 317 g/mol. The Morgan fingerprint density at radius 2 is 1.86 bits per heavy atom. The van der Waals surface area contributed by atoms with E-state index in [9.17, 15) is 0 Å². The Morgan fingerprint density at radius 1 is 1.05 bits per heavy atom. The van der Waals surface area contributed by atoms with Crippen molar-refractivity contribution >= 4 is 29.2 Å². The highest BCUT2D eigenvalue weighted by Crippen LogP contribution is 2.26. The van der Waals surface area contributed by atoms with Crippen LogP contribution in [0.3, 0.4) is 0 Å². The predicted octanol–water partition coefficient (Wildman–Crippen LogP) is 4.26. The number of pyridine rings is 1. The van der Waals surface area contributed by atoms with Crippen molar-refractivity contribution in [3.63, 3.8) is 0 Å². The van der Waals surface area contributed by atoms with Gasteiger partial charge in [0.1, 0.15) is 5.82 Å². The molecule has 0 aliphatic rings. The predicted molar refractivity (Wildman–Crippen MR) is 85.2 cm³/mol. The molecular weight excluding hydrogens is 306 g/mol. The first kappa shape index (κ1) is 14.0. The molecular formula is C15H12ClN3OS. The first-order valence-electron chi connectivity index (χ1n) is 6.26. The van der Waals surface area contributed by atoms with Gasteiger partial charge in [-0.25, -0.2) is 9.97 Å².